The molecule has 0 unspecified atom stereocenters. The molecule has 0 aliphatic heterocycles. The van der Waals surface area contributed by atoms with Gasteiger partial charge in [0.1, 0.15) is 0 Å². The fraction of sp³-hybridized carbons (Fsp3) is 0.143. The highest BCUT2D eigenvalue weighted by Crippen LogP contribution is 2.34. The first-order valence-electron chi connectivity index (χ1n) is 3.37. The van der Waals surface area contributed by atoms with Gasteiger partial charge < -0.3 is 0 Å². The molecule has 3 nitrogen and oxygen atoms in total. The van der Waals surface area contributed by atoms with Gasteiger partial charge in [0.15, 0.2) is 0 Å². The summed E-state index contributed by atoms with van der Waals surface area (Å²) in [5, 5.41) is 3.01. The van der Waals surface area contributed by atoms with E-state index < -0.39 is 11.7 Å². The maximum atomic E-state index is 12.2. The molecule has 0 fully saturated rings. The highest BCUT2D eigenvalue weighted by Gasteiger charge is 2.30. The Morgan fingerprint density at radius 3 is 2.50 bits per heavy atom. The first-order chi connectivity index (χ1) is 6.45. The summed E-state index contributed by atoms with van der Waals surface area (Å²) in [5.41, 5.74) is 6.93. The van der Waals surface area contributed by atoms with E-state index in [1.54, 1.807) is 0 Å². The van der Waals surface area contributed by atoms with Gasteiger partial charge in [-0.3, -0.25) is 0 Å². The molecule has 1 rings (SSSR count). The molecule has 74 valence electrons. The summed E-state index contributed by atoms with van der Waals surface area (Å²) < 4.78 is 36.5. The van der Waals surface area contributed by atoms with Crippen LogP contribution in [0.25, 0.3) is 10.4 Å². The van der Waals surface area contributed by atoms with E-state index in [2.05, 4.69) is 10.0 Å². The number of benzene rings is 1. The monoisotopic (exact) mass is 221 g/mol. The molecule has 0 aliphatic rings. The van der Waals surface area contributed by atoms with Crippen molar-refractivity contribution in [3.63, 3.8) is 0 Å². The smallest absolute Gasteiger partial charge is 0.166 e. The van der Waals surface area contributed by atoms with E-state index in [0.717, 1.165) is 12.1 Å². The van der Waals surface area contributed by atoms with Gasteiger partial charge in [-0.2, -0.15) is 13.2 Å². The topological polar surface area (TPSA) is 48.8 Å². The van der Waals surface area contributed by atoms with Crippen LogP contribution in [-0.2, 0) is 6.18 Å². The number of hydrogen-bond donors (Lipinski definition) is 0. The van der Waals surface area contributed by atoms with Gasteiger partial charge in [0.05, 0.1) is 16.3 Å². The van der Waals surface area contributed by atoms with Crippen LogP contribution in [0.15, 0.2) is 23.3 Å². The van der Waals surface area contributed by atoms with E-state index in [-0.39, 0.29) is 10.7 Å². The highest BCUT2D eigenvalue weighted by molar-refractivity contribution is 6.33. The van der Waals surface area contributed by atoms with Crippen molar-refractivity contribution < 1.29 is 13.2 Å². The summed E-state index contributed by atoms with van der Waals surface area (Å²) in [4.78, 5) is 2.36. The predicted molar refractivity (Wildman–Crippen MR) is 45.3 cm³/mol. The lowest BCUT2D eigenvalue weighted by molar-refractivity contribution is -0.137. The number of alkyl halides is 3. The Hall–Kier alpha value is -1.39. The quantitative estimate of drug-likeness (QED) is 0.386. The van der Waals surface area contributed by atoms with E-state index in [9.17, 15) is 13.2 Å². The largest absolute Gasteiger partial charge is 0.416 e. The molecule has 1 aromatic rings. The lowest BCUT2D eigenvalue weighted by Gasteiger charge is -2.07. The minimum atomic E-state index is -4.47. The summed E-state index contributed by atoms with van der Waals surface area (Å²) >= 11 is 5.49. The van der Waals surface area contributed by atoms with Crippen LogP contribution in [0.5, 0.6) is 0 Å². The van der Waals surface area contributed by atoms with Gasteiger partial charge in [-0.15, -0.1) is 0 Å². The highest BCUT2D eigenvalue weighted by atomic mass is 35.5. The van der Waals surface area contributed by atoms with Gasteiger partial charge in [-0.1, -0.05) is 16.7 Å². The van der Waals surface area contributed by atoms with Crippen molar-refractivity contribution in [2.45, 2.75) is 6.18 Å². The molecule has 0 radical (unpaired) electrons. The number of halogens is 4. The zero-order valence-corrected chi connectivity index (χ0v) is 7.34. The number of rotatable bonds is 1. The summed E-state index contributed by atoms with van der Waals surface area (Å²) in [6.45, 7) is 0. The molecule has 0 heterocycles. The lowest BCUT2D eigenvalue weighted by Crippen LogP contribution is -2.03. The van der Waals surface area contributed by atoms with Crippen molar-refractivity contribution in [1.29, 1.82) is 0 Å². The SMILES string of the molecule is [N-]=[N+]=Nc1cc(C(F)(F)F)ccc1Cl. The minimum absolute atomic E-state index is 0.0178. The Morgan fingerprint density at radius 2 is 2.00 bits per heavy atom. The van der Waals surface area contributed by atoms with E-state index in [4.69, 9.17) is 17.1 Å². The zero-order valence-electron chi connectivity index (χ0n) is 6.59. The van der Waals surface area contributed by atoms with Crippen LogP contribution in [0, 0.1) is 0 Å². The van der Waals surface area contributed by atoms with Crippen molar-refractivity contribution >= 4 is 17.3 Å². The second kappa shape index (κ2) is 3.77. The van der Waals surface area contributed by atoms with Gasteiger partial charge in [0, 0.05) is 4.91 Å². The van der Waals surface area contributed by atoms with Crippen LogP contribution in [-0.4, -0.2) is 0 Å². The number of hydrogen-bond acceptors (Lipinski definition) is 1. The third-order valence-corrected chi connectivity index (χ3v) is 1.75. The maximum absolute atomic E-state index is 12.2. The first-order valence-corrected chi connectivity index (χ1v) is 3.75. The second-order valence-electron chi connectivity index (χ2n) is 2.35. The van der Waals surface area contributed by atoms with Crippen LogP contribution in [0.4, 0.5) is 18.9 Å². The summed E-state index contributed by atoms with van der Waals surface area (Å²) in [6.07, 6.45) is -4.47. The molecular weight excluding hydrogens is 219 g/mol. The molecule has 1 aromatic carbocycles. The molecule has 14 heavy (non-hydrogen) atoms. The average molecular weight is 222 g/mol. The third-order valence-electron chi connectivity index (χ3n) is 1.43. The molecule has 0 saturated heterocycles. The van der Waals surface area contributed by atoms with Crippen LogP contribution >= 0.6 is 11.6 Å². The minimum Gasteiger partial charge on any atom is -0.166 e. The molecule has 0 bridgehead atoms. The Morgan fingerprint density at radius 1 is 1.36 bits per heavy atom. The molecule has 0 spiro atoms. The zero-order chi connectivity index (χ0) is 10.8. The molecule has 0 aromatic heterocycles. The van der Waals surface area contributed by atoms with E-state index in [1.807, 2.05) is 0 Å². The van der Waals surface area contributed by atoms with E-state index >= 15 is 0 Å². The van der Waals surface area contributed by atoms with Crippen LogP contribution in [0.3, 0.4) is 0 Å². The Labute approximate surface area is 81.7 Å². The predicted octanol–water partition coefficient (Wildman–Crippen LogP) is 4.30. The van der Waals surface area contributed by atoms with E-state index in [1.165, 1.54) is 0 Å². The van der Waals surface area contributed by atoms with Gasteiger partial charge in [-0.25, -0.2) is 0 Å². The van der Waals surface area contributed by atoms with Crippen LogP contribution in [0.1, 0.15) is 5.56 Å². The molecule has 0 amide bonds. The second-order valence-corrected chi connectivity index (χ2v) is 2.76. The molecule has 0 atom stereocenters. The summed E-state index contributed by atoms with van der Waals surface area (Å²) in [5.74, 6) is 0. The molecule has 0 aliphatic carbocycles. The van der Waals surface area contributed by atoms with Crippen molar-refractivity contribution in [3.05, 3.63) is 39.2 Å². The van der Waals surface area contributed by atoms with Crippen molar-refractivity contribution in [2.75, 3.05) is 0 Å². The Kier molecular flexibility index (Phi) is 2.88. The summed E-state index contributed by atoms with van der Waals surface area (Å²) in [6, 6.07) is 2.55. The van der Waals surface area contributed by atoms with Crippen molar-refractivity contribution in [3.8, 4) is 0 Å². The van der Waals surface area contributed by atoms with Gasteiger partial charge in [-0.05, 0) is 23.7 Å². The normalized spacial score (nSPS) is 10.9. The number of azide groups is 1. The maximum Gasteiger partial charge on any atom is 0.416 e. The fourth-order valence-corrected chi connectivity index (χ4v) is 0.969. The lowest BCUT2D eigenvalue weighted by atomic mass is 10.2. The molecule has 0 saturated carbocycles. The van der Waals surface area contributed by atoms with Gasteiger partial charge in [0.2, 0.25) is 0 Å². The number of nitrogens with zero attached hydrogens (tertiary/aromatic N) is 3. The Balaban J connectivity index is 3.26. The standard InChI is InChI=1S/C7H3ClF3N3/c8-5-2-1-4(7(9,10)11)3-6(5)13-14-12/h1-3H. The van der Waals surface area contributed by atoms with E-state index in [0.29, 0.717) is 6.07 Å². The van der Waals surface area contributed by atoms with Gasteiger partial charge >= 0.3 is 6.18 Å². The van der Waals surface area contributed by atoms with Crippen LogP contribution < -0.4 is 0 Å². The Bertz CT molecular complexity index is 396. The van der Waals surface area contributed by atoms with Crippen molar-refractivity contribution in [2.24, 2.45) is 5.11 Å². The van der Waals surface area contributed by atoms with Crippen LogP contribution in [0.2, 0.25) is 5.02 Å². The molecule has 0 N–H and O–H groups in total. The molecular formula is C7H3ClF3N3. The molecule has 7 heteroatoms. The average Bonchev–Trinajstić information content (AvgIpc) is 2.07. The fourth-order valence-electron chi connectivity index (χ4n) is 0.814. The first kappa shape index (κ1) is 10.7. The van der Waals surface area contributed by atoms with Crippen molar-refractivity contribution in [1.82, 2.24) is 0 Å². The van der Waals surface area contributed by atoms with Gasteiger partial charge in [0.25, 0.3) is 0 Å². The summed E-state index contributed by atoms with van der Waals surface area (Å²) in [7, 11) is 0. The third kappa shape index (κ3) is 2.31.